The number of rotatable bonds is 11. The van der Waals surface area contributed by atoms with Gasteiger partial charge in [-0.2, -0.15) is 0 Å². The van der Waals surface area contributed by atoms with E-state index < -0.39 is 18.1 Å². The molecule has 0 spiro atoms. The highest BCUT2D eigenvalue weighted by Crippen LogP contribution is 2.12. The first kappa shape index (κ1) is 22.3. The van der Waals surface area contributed by atoms with Crippen LogP contribution < -0.4 is 5.32 Å². The molecule has 0 fully saturated rings. The lowest BCUT2D eigenvalue weighted by Gasteiger charge is -2.18. The molecule has 156 valence electrons. The highest BCUT2D eigenvalue weighted by Gasteiger charge is 2.23. The van der Waals surface area contributed by atoms with Gasteiger partial charge in [0.05, 0.1) is 6.61 Å². The summed E-state index contributed by atoms with van der Waals surface area (Å²) < 4.78 is 10.6. The fourth-order valence-electron chi connectivity index (χ4n) is 2.77. The molecule has 1 amide bonds. The van der Waals surface area contributed by atoms with Crippen molar-refractivity contribution in [3.8, 4) is 5.75 Å². The van der Waals surface area contributed by atoms with E-state index >= 15 is 0 Å². The van der Waals surface area contributed by atoms with Crippen LogP contribution in [0.2, 0.25) is 0 Å². The van der Waals surface area contributed by atoms with Gasteiger partial charge in [0.15, 0.2) is 0 Å². The summed E-state index contributed by atoms with van der Waals surface area (Å²) in [6, 6.07) is 14.9. The summed E-state index contributed by atoms with van der Waals surface area (Å²) in [5, 5.41) is 12.0. The van der Waals surface area contributed by atoms with Crippen LogP contribution in [0.1, 0.15) is 43.7 Å². The summed E-state index contributed by atoms with van der Waals surface area (Å²) in [6.07, 6.45) is 3.56. The van der Waals surface area contributed by atoms with Gasteiger partial charge in [0.2, 0.25) is 0 Å². The van der Waals surface area contributed by atoms with Crippen LogP contribution in [0.25, 0.3) is 0 Å². The molecule has 29 heavy (non-hydrogen) atoms. The van der Waals surface area contributed by atoms with E-state index in [-0.39, 0.29) is 18.8 Å². The van der Waals surface area contributed by atoms with E-state index in [1.165, 1.54) is 12.1 Å². The summed E-state index contributed by atoms with van der Waals surface area (Å²) in [7, 11) is 0. The van der Waals surface area contributed by atoms with Crippen molar-refractivity contribution in [2.45, 2.75) is 51.7 Å². The lowest BCUT2D eigenvalue weighted by atomic mass is 10.1. The highest BCUT2D eigenvalue weighted by atomic mass is 16.6. The van der Waals surface area contributed by atoms with Gasteiger partial charge in [0.25, 0.3) is 0 Å². The van der Waals surface area contributed by atoms with Gasteiger partial charge in [-0.25, -0.2) is 9.59 Å². The Bertz CT molecular complexity index is 746. The van der Waals surface area contributed by atoms with Crippen LogP contribution in [0.4, 0.5) is 4.79 Å². The lowest BCUT2D eigenvalue weighted by molar-refractivity contribution is -0.146. The molecule has 0 aliphatic heterocycles. The highest BCUT2D eigenvalue weighted by molar-refractivity contribution is 5.81. The largest absolute Gasteiger partial charge is 0.508 e. The molecule has 2 N–H and O–H groups in total. The fraction of sp³-hybridized carbons (Fsp3) is 0.391. The SMILES string of the molecule is CCCCCCOC(=O)[C@@H](Cc1ccc(O)cc1)NC(=O)OCc1ccccc1. The number of benzene rings is 2. The predicted octanol–water partition coefficient (Wildman–Crippen LogP) is 4.35. The molecule has 2 aromatic carbocycles. The summed E-state index contributed by atoms with van der Waals surface area (Å²) in [6.45, 7) is 2.56. The standard InChI is InChI=1S/C23H29NO5/c1-2-3-4-8-15-28-22(26)21(16-18-11-13-20(25)14-12-18)24-23(27)29-17-19-9-6-5-7-10-19/h5-7,9-14,21,25H,2-4,8,15-17H2,1H3,(H,24,27)/t21-/m1/s1. The van der Waals surface area contributed by atoms with Gasteiger partial charge in [-0.05, 0) is 29.7 Å². The third-order valence-electron chi connectivity index (χ3n) is 4.41. The second kappa shape index (κ2) is 12.4. The number of amides is 1. The molecule has 2 rings (SSSR count). The first-order valence-electron chi connectivity index (χ1n) is 10.00. The van der Waals surface area contributed by atoms with Crippen molar-refractivity contribution in [2.75, 3.05) is 6.61 Å². The van der Waals surface area contributed by atoms with Crippen molar-refractivity contribution in [1.29, 1.82) is 0 Å². The molecule has 0 bridgehead atoms. The average molecular weight is 399 g/mol. The van der Waals surface area contributed by atoms with E-state index in [1.54, 1.807) is 12.1 Å². The smallest absolute Gasteiger partial charge is 0.408 e. The van der Waals surface area contributed by atoms with E-state index in [9.17, 15) is 14.7 Å². The van der Waals surface area contributed by atoms with E-state index in [0.29, 0.717) is 6.61 Å². The monoisotopic (exact) mass is 399 g/mol. The molecule has 6 heteroatoms. The normalized spacial score (nSPS) is 11.5. The number of hydrogen-bond acceptors (Lipinski definition) is 5. The average Bonchev–Trinajstić information content (AvgIpc) is 2.74. The minimum atomic E-state index is -0.867. The molecule has 0 saturated heterocycles. The Morgan fingerprint density at radius 3 is 2.34 bits per heavy atom. The zero-order valence-electron chi connectivity index (χ0n) is 16.8. The van der Waals surface area contributed by atoms with Crippen LogP contribution in [-0.4, -0.2) is 29.8 Å². The van der Waals surface area contributed by atoms with Crippen LogP contribution in [0.5, 0.6) is 5.75 Å². The number of phenols is 1. The number of esters is 1. The van der Waals surface area contributed by atoms with Crippen molar-refractivity contribution in [3.63, 3.8) is 0 Å². The molecule has 1 atom stereocenters. The van der Waals surface area contributed by atoms with E-state index in [1.807, 2.05) is 30.3 Å². The molecule has 0 aliphatic rings. The van der Waals surface area contributed by atoms with Gasteiger partial charge in [-0.3, -0.25) is 0 Å². The quantitative estimate of drug-likeness (QED) is 0.433. The summed E-state index contributed by atoms with van der Waals surface area (Å²) in [5.74, 6) is -0.356. The van der Waals surface area contributed by atoms with Crippen LogP contribution in [-0.2, 0) is 27.3 Å². The number of carbonyl (C=O) groups is 2. The maximum atomic E-state index is 12.5. The Balaban J connectivity index is 1.92. The maximum Gasteiger partial charge on any atom is 0.408 e. The first-order chi connectivity index (χ1) is 14.1. The summed E-state index contributed by atoms with van der Waals surface area (Å²) >= 11 is 0. The van der Waals surface area contributed by atoms with Gasteiger partial charge in [0.1, 0.15) is 18.4 Å². The van der Waals surface area contributed by atoms with Gasteiger partial charge >= 0.3 is 12.1 Å². The third-order valence-corrected chi connectivity index (χ3v) is 4.41. The third kappa shape index (κ3) is 8.68. The number of nitrogens with one attached hydrogen (secondary N) is 1. The number of carbonyl (C=O) groups excluding carboxylic acids is 2. The van der Waals surface area contributed by atoms with Crippen LogP contribution in [0, 0.1) is 0 Å². The van der Waals surface area contributed by atoms with Crippen molar-refractivity contribution >= 4 is 12.1 Å². The van der Waals surface area contributed by atoms with Crippen molar-refractivity contribution in [2.24, 2.45) is 0 Å². The second-order valence-corrected chi connectivity index (χ2v) is 6.86. The topological polar surface area (TPSA) is 84.9 Å². The van der Waals surface area contributed by atoms with E-state index in [0.717, 1.165) is 36.8 Å². The Hall–Kier alpha value is -3.02. The van der Waals surface area contributed by atoms with Gasteiger partial charge < -0.3 is 19.9 Å². The minimum absolute atomic E-state index is 0.116. The van der Waals surface area contributed by atoms with Crippen molar-refractivity contribution in [1.82, 2.24) is 5.32 Å². The molecule has 0 radical (unpaired) electrons. The molecule has 0 heterocycles. The lowest BCUT2D eigenvalue weighted by Crippen LogP contribution is -2.43. The van der Waals surface area contributed by atoms with Gasteiger partial charge in [-0.15, -0.1) is 0 Å². The Labute approximate surface area is 171 Å². The molecule has 6 nitrogen and oxygen atoms in total. The van der Waals surface area contributed by atoms with Crippen LogP contribution >= 0.6 is 0 Å². The second-order valence-electron chi connectivity index (χ2n) is 6.86. The fourth-order valence-corrected chi connectivity index (χ4v) is 2.77. The van der Waals surface area contributed by atoms with Crippen LogP contribution in [0.3, 0.4) is 0 Å². The number of aromatic hydroxyl groups is 1. The first-order valence-corrected chi connectivity index (χ1v) is 10.00. The van der Waals surface area contributed by atoms with E-state index in [4.69, 9.17) is 9.47 Å². The zero-order valence-corrected chi connectivity index (χ0v) is 16.8. The zero-order chi connectivity index (χ0) is 20.9. The summed E-state index contributed by atoms with van der Waals surface area (Å²) in [4.78, 5) is 24.7. The molecule has 2 aromatic rings. The number of alkyl carbamates (subject to hydrolysis) is 1. The number of hydrogen-bond donors (Lipinski definition) is 2. The predicted molar refractivity (Wildman–Crippen MR) is 110 cm³/mol. The number of ether oxygens (including phenoxy) is 2. The number of unbranched alkanes of at least 4 members (excludes halogenated alkanes) is 3. The molecule has 0 aromatic heterocycles. The molecular formula is C23H29NO5. The van der Waals surface area contributed by atoms with Gasteiger partial charge in [0, 0.05) is 6.42 Å². The molecule has 0 saturated carbocycles. The number of phenolic OH excluding ortho intramolecular Hbond substituents is 1. The van der Waals surface area contributed by atoms with Gasteiger partial charge in [-0.1, -0.05) is 68.7 Å². The van der Waals surface area contributed by atoms with Crippen LogP contribution in [0.15, 0.2) is 54.6 Å². The molecular weight excluding hydrogens is 370 g/mol. The van der Waals surface area contributed by atoms with E-state index in [2.05, 4.69) is 12.2 Å². The maximum absolute atomic E-state index is 12.5. The van der Waals surface area contributed by atoms with Crippen molar-refractivity contribution < 1.29 is 24.2 Å². The Morgan fingerprint density at radius 2 is 1.66 bits per heavy atom. The van der Waals surface area contributed by atoms with Crippen molar-refractivity contribution in [3.05, 3.63) is 65.7 Å². The molecule has 0 aliphatic carbocycles. The Morgan fingerprint density at radius 1 is 0.931 bits per heavy atom. The minimum Gasteiger partial charge on any atom is -0.508 e. The molecule has 0 unspecified atom stereocenters. The Kier molecular flexibility index (Phi) is 9.55. The summed E-state index contributed by atoms with van der Waals surface area (Å²) in [5.41, 5.74) is 1.65.